The second-order valence-electron chi connectivity index (χ2n) is 4.66. The summed E-state index contributed by atoms with van der Waals surface area (Å²) >= 11 is 3.66. The Hall–Kier alpha value is -1.20. The van der Waals surface area contributed by atoms with Crippen molar-refractivity contribution in [3.05, 3.63) is 29.0 Å². The molecule has 0 aliphatic carbocycles. The summed E-state index contributed by atoms with van der Waals surface area (Å²) in [7, 11) is 0. The Morgan fingerprint density at radius 3 is 2.94 bits per heavy atom. The summed E-state index contributed by atoms with van der Waals surface area (Å²) in [6.45, 7) is 2.86. The lowest BCUT2D eigenvalue weighted by Gasteiger charge is -2.20. The zero-order valence-corrected chi connectivity index (χ0v) is 11.6. The Kier molecular flexibility index (Phi) is 3.18. The zero-order valence-electron chi connectivity index (χ0n) is 10.0. The van der Waals surface area contributed by atoms with Gasteiger partial charge in [0.05, 0.1) is 15.7 Å². The minimum atomic E-state index is 0.606. The van der Waals surface area contributed by atoms with E-state index in [9.17, 15) is 0 Å². The molecule has 0 spiro atoms. The molecule has 0 amide bonds. The van der Waals surface area contributed by atoms with Crippen LogP contribution in [-0.2, 0) is 0 Å². The van der Waals surface area contributed by atoms with Gasteiger partial charge in [-0.05, 0) is 46.9 Å². The number of hydrogen-bond acceptors (Lipinski definition) is 4. The van der Waals surface area contributed by atoms with Crippen LogP contribution >= 0.6 is 15.9 Å². The van der Waals surface area contributed by atoms with E-state index in [4.69, 9.17) is 5.73 Å². The van der Waals surface area contributed by atoms with Crippen LogP contribution in [0.1, 0.15) is 6.42 Å². The van der Waals surface area contributed by atoms with E-state index in [0.29, 0.717) is 5.92 Å². The number of anilines is 1. The number of halogens is 1. The lowest BCUT2D eigenvalue weighted by molar-refractivity contribution is 0.602. The van der Waals surface area contributed by atoms with E-state index in [1.165, 1.54) is 12.1 Å². The molecule has 2 aromatic rings. The van der Waals surface area contributed by atoms with Gasteiger partial charge in [-0.1, -0.05) is 0 Å². The van der Waals surface area contributed by atoms with Gasteiger partial charge in [0.25, 0.3) is 0 Å². The molecule has 1 saturated heterocycles. The number of benzene rings is 1. The van der Waals surface area contributed by atoms with Crippen LogP contribution in [0, 0.1) is 5.92 Å². The van der Waals surface area contributed by atoms with E-state index in [2.05, 4.69) is 36.9 Å². The fraction of sp³-hybridized carbons (Fsp3) is 0.385. The highest BCUT2D eigenvalue weighted by molar-refractivity contribution is 9.10. The predicted octanol–water partition coefficient (Wildman–Crippen LogP) is 2.18. The van der Waals surface area contributed by atoms with Crippen molar-refractivity contribution in [1.82, 2.24) is 9.97 Å². The fourth-order valence-corrected chi connectivity index (χ4v) is 3.17. The molecule has 1 unspecified atom stereocenters. The summed E-state index contributed by atoms with van der Waals surface area (Å²) in [5.41, 5.74) is 8.78. The van der Waals surface area contributed by atoms with Crippen molar-refractivity contribution in [3.8, 4) is 0 Å². The highest BCUT2D eigenvalue weighted by Gasteiger charge is 2.23. The number of rotatable bonds is 2. The van der Waals surface area contributed by atoms with Gasteiger partial charge in [-0.15, -0.1) is 0 Å². The van der Waals surface area contributed by atoms with Crippen LogP contribution < -0.4 is 10.6 Å². The monoisotopic (exact) mass is 306 g/mol. The molecule has 0 saturated carbocycles. The normalized spacial score (nSPS) is 19.7. The van der Waals surface area contributed by atoms with Gasteiger partial charge in [0, 0.05) is 25.5 Å². The second-order valence-corrected chi connectivity index (χ2v) is 5.45. The minimum absolute atomic E-state index is 0.606. The van der Waals surface area contributed by atoms with Gasteiger partial charge in [0.15, 0.2) is 0 Å². The number of nitrogens with two attached hydrogens (primary N) is 1. The number of nitrogens with zero attached hydrogens (tertiary/aromatic N) is 3. The first-order chi connectivity index (χ1) is 8.79. The predicted molar refractivity (Wildman–Crippen MR) is 76.6 cm³/mol. The molecule has 1 aromatic heterocycles. The molecular weight excluding hydrogens is 292 g/mol. The third kappa shape index (κ3) is 1.97. The van der Waals surface area contributed by atoms with Crippen molar-refractivity contribution in [3.63, 3.8) is 0 Å². The van der Waals surface area contributed by atoms with Crippen molar-refractivity contribution in [2.75, 3.05) is 24.5 Å². The largest absolute Gasteiger partial charge is 0.370 e. The number of aromatic nitrogens is 2. The van der Waals surface area contributed by atoms with Crippen molar-refractivity contribution >= 4 is 32.7 Å². The summed E-state index contributed by atoms with van der Waals surface area (Å²) in [6, 6.07) is 4.14. The highest BCUT2D eigenvalue weighted by atomic mass is 79.9. The van der Waals surface area contributed by atoms with Crippen LogP contribution in [0.25, 0.3) is 11.0 Å². The van der Waals surface area contributed by atoms with Crippen molar-refractivity contribution in [1.29, 1.82) is 0 Å². The smallest absolute Gasteiger partial charge is 0.105 e. The van der Waals surface area contributed by atoms with E-state index in [-0.39, 0.29) is 0 Å². The highest BCUT2D eigenvalue weighted by Crippen LogP contribution is 2.34. The zero-order chi connectivity index (χ0) is 12.5. The van der Waals surface area contributed by atoms with E-state index >= 15 is 0 Å². The molecule has 4 nitrogen and oxygen atoms in total. The maximum absolute atomic E-state index is 5.74. The second kappa shape index (κ2) is 4.82. The van der Waals surface area contributed by atoms with Crippen LogP contribution in [0.4, 0.5) is 5.69 Å². The SMILES string of the molecule is NCC1CCN(c2ccc3nccnc3c2Br)C1. The van der Waals surface area contributed by atoms with E-state index < -0.39 is 0 Å². The number of hydrogen-bond donors (Lipinski definition) is 1. The lowest BCUT2D eigenvalue weighted by atomic mass is 10.1. The van der Waals surface area contributed by atoms with Gasteiger partial charge in [0.2, 0.25) is 0 Å². The first kappa shape index (κ1) is 11.9. The average molecular weight is 307 g/mol. The van der Waals surface area contributed by atoms with E-state index in [1.54, 1.807) is 12.4 Å². The van der Waals surface area contributed by atoms with Crippen LogP contribution in [0.15, 0.2) is 29.0 Å². The molecule has 1 atom stereocenters. The molecule has 5 heteroatoms. The molecule has 1 aromatic carbocycles. The van der Waals surface area contributed by atoms with Crippen molar-refractivity contribution < 1.29 is 0 Å². The Labute approximate surface area is 114 Å². The van der Waals surface area contributed by atoms with Gasteiger partial charge in [-0.25, -0.2) is 0 Å². The molecule has 1 fully saturated rings. The van der Waals surface area contributed by atoms with Crippen molar-refractivity contribution in [2.45, 2.75) is 6.42 Å². The Morgan fingerprint density at radius 1 is 1.33 bits per heavy atom. The summed E-state index contributed by atoms with van der Waals surface area (Å²) < 4.78 is 1.03. The first-order valence-electron chi connectivity index (χ1n) is 6.14. The molecule has 0 bridgehead atoms. The van der Waals surface area contributed by atoms with Crippen LogP contribution in [0.5, 0.6) is 0 Å². The van der Waals surface area contributed by atoms with Crippen LogP contribution in [0.2, 0.25) is 0 Å². The quantitative estimate of drug-likeness (QED) is 0.924. The summed E-state index contributed by atoms with van der Waals surface area (Å²) in [5.74, 6) is 0.606. The lowest BCUT2D eigenvalue weighted by Crippen LogP contribution is -2.22. The average Bonchev–Trinajstić information content (AvgIpc) is 2.88. The minimum Gasteiger partial charge on any atom is -0.370 e. The standard InChI is InChI=1S/C13H15BrN4/c14-12-11(18-6-3-9(7-15)8-18)2-1-10-13(12)17-5-4-16-10/h1-2,4-5,9H,3,6-8,15H2. The third-order valence-corrected chi connectivity index (χ3v) is 4.30. The molecule has 0 radical (unpaired) electrons. The molecule has 2 N–H and O–H groups in total. The van der Waals surface area contributed by atoms with Crippen LogP contribution in [-0.4, -0.2) is 29.6 Å². The topological polar surface area (TPSA) is 55.0 Å². The maximum Gasteiger partial charge on any atom is 0.105 e. The van der Waals surface area contributed by atoms with Gasteiger partial charge >= 0.3 is 0 Å². The van der Waals surface area contributed by atoms with Crippen molar-refractivity contribution in [2.24, 2.45) is 11.7 Å². The Balaban J connectivity index is 2.00. The summed E-state index contributed by atoms with van der Waals surface area (Å²) in [5, 5.41) is 0. The summed E-state index contributed by atoms with van der Waals surface area (Å²) in [6.07, 6.45) is 4.61. The number of fused-ring (bicyclic) bond motifs is 1. The van der Waals surface area contributed by atoms with E-state index in [1.807, 2.05) is 6.07 Å². The molecule has 94 valence electrons. The van der Waals surface area contributed by atoms with E-state index in [0.717, 1.165) is 35.1 Å². The van der Waals surface area contributed by atoms with Gasteiger partial charge in [-0.2, -0.15) is 0 Å². The molecule has 18 heavy (non-hydrogen) atoms. The summed E-state index contributed by atoms with van der Waals surface area (Å²) in [4.78, 5) is 11.1. The Morgan fingerprint density at radius 2 is 2.17 bits per heavy atom. The molecule has 1 aliphatic heterocycles. The Bertz CT molecular complexity index is 572. The van der Waals surface area contributed by atoms with Crippen LogP contribution in [0.3, 0.4) is 0 Å². The first-order valence-corrected chi connectivity index (χ1v) is 6.93. The van der Waals surface area contributed by atoms with Gasteiger partial charge in [0.1, 0.15) is 5.52 Å². The molecule has 3 rings (SSSR count). The van der Waals surface area contributed by atoms with Gasteiger partial charge < -0.3 is 10.6 Å². The molecule has 1 aliphatic rings. The maximum atomic E-state index is 5.74. The molecular formula is C13H15BrN4. The fourth-order valence-electron chi connectivity index (χ4n) is 2.48. The van der Waals surface area contributed by atoms with Gasteiger partial charge in [-0.3, -0.25) is 9.97 Å². The molecule has 2 heterocycles. The third-order valence-electron chi connectivity index (χ3n) is 3.52.